The molecule has 0 radical (unpaired) electrons. The Kier molecular flexibility index (Phi) is 4.40. The first-order chi connectivity index (χ1) is 9.56. The van der Waals surface area contributed by atoms with Crippen LogP contribution in [-0.2, 0) is 0 Å². The minimum atomic E-state index is 0.328. The first kappa shape index (κ1) is 14.1. The third-order valence-electron chi connectivity index (χ3n) is 3.26. The minimum absolute atomic E-state index is 0.328. The van der Waals surface area contributed by atoms with E-state index in [0.29, 0.717) is 17.7 Å². The molecule has 0 fully saturated rings. The lowest BCUT2D eigenvalue weighted by Gasteiger charge is -2.27. The molecule has 5 nitrogen and oxygen atoms in total. The largest absolute Gasteiger partial charge is 0.384 e. The fourth-order valence-electron chi connectivity index (χ4n) is 1.99. The van der Waals surface area contributed by atoms with Crippen LogP contribution in [0.15, 0.2) is 36.4 Å². The van der Waals surface area contributed by atoms with Gasteiger partial charge in [0, 0.05) is 31.4 Å². The van der Waals surface area contributed by atoms with E-state index in [2.05, 4.69) is 46.3 Å². The van der Waals surface area contributed by atoms with Crippen LogP contribution in [0.1, 0.15) is 12.7 Å². The summed E-state index contributed by atoms with van der Waals surface area (Å²) in [7, 11) is 2.08. The highest BCUT2D eigenvalue weighted by atomic mass is 15.2. The van der Waals surface area contributed by atoms with Crippen molar-refractivity contribution in [2.75, 3.05) is 29.5 Å². The highest BCUT2D eigenvalue weighted by Gasteiger charge is 2.10. The van der Waals surface area contributed by atoms with Gasteiger partial charge >= 0.3 is 0 Å². The second-order valence-corrected chi connectivity index (χ2v) is 4.90. The molecule has 0 aliphatic heterocycles. The molecule has 0 bridgehead atoms. The van der Waals surface area contributed by atoms with Crippen LogP contribution in [0.5, 0.6) is 0 Å². The molecule has 1 aromatic heterocycles. The average Bonchev–Trinajstić information content (AvgIpc) is 2.44. The molecule has 0 saturated carbocycles. The maximum absolute atomic E-state index is 5.72. The molecule has 1 atom stereocenters. The highest BCUT2D eigenvalue weighted by Crippen LogP contribution is 2.15. The van der Waals surface area contributed by atoms with Gasteiger partial charge in [-0.05, 0) is 26.0 Å². The van der Waals surface area contributed by atoms with Gasteiger partial charge in [-0.1, -0.05) is 18.2 Å². The van der Waals surface area contributed by atoms with E-state index >= 15 is 0 Å². The van der Waals surface area contributed by atoms with Crippen molar-refractivity contribution in [2.45, 2.75) is 19.9 Å². The highest BCUT2D eigenvalue weighted by molar-refractivity contribution is 5.48. The number of likely N-dealkylation sites (N-methyl/N-ethyl adjacent to an activating group) is 1. The summed E-state index contributed by atoms with van der Waals surface area (Å²) in [4.78, 5) is 10.6. The summed E-state index contributed by atoms with van der Waals surface area (Å²) in [5.74, 6) is 1.93. The van der Waals surface area contributed by atoms with E-state index in [9.17, 15) is 0 Å². The fourth-order valence-corrected chi connectivity index (χ4v) is 1.99. The zero-order valence-corrected chi connectivity index (χ0v) is 12.2. The molecule has 0 unspecified atom stereocenters. The number of nitrogens with zero attached hydrogens (tertiary/aromatic N) is 3. The van der Waals surface area contributed by atoms with Gasteiger partial charge in [-0.2, -0.15) is 0 Å². The van der Waals surface area contributed by atoms with Gasteiger partial charge in [-0.3, -0.25) is 0 Å². The van der Waals surface area contributed by atoms with Crippen LogP contribution in [0.3, 0.4) is 0 Å². The summed E-state index contributed by atoms with van der Waals surface area (Å²) in [6.07, 6.45) is 0. The summed E-state index contributed by atoms with van der Waals surface area (Å²) < 4.78 is 0. The molecule has 1 aromatic carbocycles. The van der Waals surface area contributed by atoms with Crippen LogP contribution in [0.2, 0.25) is 0 Å². The molecule has 106 valence electrons. The Morgan fingerprint density at radius 2 is 1.95 bits per heavy atom. The van der Waals surface area contributed by atoms with E-state index in [1.165, 1.54) is 5.69 Å². The van der Waals surface area contributed by atoms with Gasteiger partial charge in [0.05, 0.1) is 0 Å². The van der Waals surface area contributed by atoms with E-state index < -0.39 is 0 Å². The maximum atomic E-state index is 5.72. The Balaban J connectivity index is 1.96. The van der Waals surface area contributed by atoms with Crippen molar-refractivity contribution in [3.63, 3.8) is 0 Å². The number of nitrogens with one attached hydrogen (secondary N) is 1. The van der Waals surface area contributed by atoms with E-state index in [4.69, 9.17) is 5.73 Å². The van der Waals surface area contributed by atoms with Gasteiger partial charge in [-0.15, -0.1) is 0 Å². The molecule has 1 heterocycles. The van der Waals surface area contributed by atoms with Crippen molar-refractivity contribution in [1.29, 1.82) is 0 Å². The van der Waals surface area contributed by atoms with E-state index in [1.54, 1.807) is 6.07 Å². The number of benzene rings is 1. The van der Waals surface area contributed by atoms with Crippen molar-refractivity contribution in [3.05, 3.63) is 42.2 Å². The number of aryl methyl sites for hydroxylation is 1. The lowest BCUT2D eigenvalue weighted by atomic mass is 10.2. The van der Waals surface area contributed by atoms with Gasteiger partial charge in [0.25, 0.3) is 0 Å². The number of anilines is 3. The predicted molar refractivity (Wildman–Crippen MR) is 84.0 cm³/mol. The summed E-state index contributed by atoms with van der Waals surface area (Å²) in [5, 5.41) is 3.30. The fraction of sp³-hybridized carbons (Fsp3) is 0.333. The number of nitrogen functional groups attached to an aromatic ring is 1. The predicted octanol–water partition coefficient (Wildman–Crippen LogP) is 2.30. The first-order valence-corrected chi connectivity index (χ1v) is 6.69. The summed E-state index contributed by atoms with van der Waals surface area (Å²) in [5.41, 5.74) is 6.91. The molecule has 5 heteroatoms. The number of aromatic nitrogens is 2. The SMILES string of the molecule is Cc1nc(N)cc(NC[C@H](C)N(C)c2ccccc2)n1. The third kappa shape index (κ3) is 3.60. The third-order valence-corrected chi connectivity index (χ3v) is 3.26. The maximum Gasteiger partial charge on any atom is 0.131 e. The molecular weight excluding hydrogens is 250 g/mol. The van der Waals surface area contributed by atoms with E-state index in [1.807, 2.05) is 25.1 Å². The van der Waals surface area contributed by atoms with Crippen molar-refractivity contribution in [2.24, 2.45) is 0 Å². The zero-order valence-electron chi connectivity index (χ0n) is 12.2. The van der Waals surface area contributed by atoms with Gasteiger partial charge in [-0.25, -0.2) is 9.97 Å². The molecule has 0 aliphatic rings. The van der Waals surface area contributed by atoms with Crippen LogP contribution in [-0.4, -0.2) is 29.6 Å². The van der Waals surface area contributed by atoms with Gasteiger partial charge in [0.15, 0.2) is 0 Å². The van der Waals surface area contributed by atoms with Crippen LogP contribution in [0.25, 0.3) is 0 Å². The molecule has 2 aromatic rings. The Morgan fingerprint density at radius 1 is 1.25 bits per heavy atom. The molecule has 0 spiro atoms. The summed E-state index contributed by atoms with van der Waals surface area (Å²) in [6.45, 7) is 4.78. The topological polar surface area (TPSA) is 67.1 Å². The Morgan fingerprint density at radius 3 is 2.60 bits per heavy atom. The number of nitrogens with two attached hydrogens (primary N) is 1. The van der Waals surface area contributed by atoms with Crippen molar-refractivity contribution in [3.8, 4) is 0 Å². The molecule has 3 N–H and O–H groups in total. The monoisotopic (exact) mass is 271 g/mol. The number of hydrogen-bond acceptors (Lipinski definition) is 5. The smallest absolute Gasteiger partial charge is 0.131 e. The van der Waals surface area contributed by atoms with Crippen molar-refractivity contribution in [1.82, 2.24) is 9.97 Å². The summed E-state index contributed by atoms with van der Waals surface area (Å²) >= 11 is 0. The van der Waals surface area contributed by atoms with Crippen LogP contribution in [0, 0.1) is 6.92 Å². The van der Waals surface area contributed by atoms with Gasteiger partial charge < -0.3 is 16.0 Å². The molecule has 0 aliphatic carbocycles. The normalized spacial score (nSPS) is 11.9. The van der Waals surface area contributed by atoms with Crippen LogP contribution < -0.4 is 16.0 Å². The van der Waals surface area contributed by atoms with Gasteiger partial charge in [0.1, 0.15) is 17.5 Å². The van der Waals surface area contributed by atoms with Crippen LogP contribution in [0.4, 0.5) is 17.3 Å². The molecular formula is C15H21N5. The average molecular weight is 271 g/mol. The minimum Gasteiger partial charge on any atom is -0.384 e. The lowest BCUT2D eigenvalue weighted by Crippen LogP contribution is -2.34. The zero-order chi connectivity index (χ0) is 14.5. The second-order valence-electron chi connectivity index (χ2n) is 4.90. The van der Waals surface area contributed by atoms with Crippen LogP contribution >= 0.6 is 0 Å². The standard InChI is InChI=1S/C15H21N5/c1-11(20(3)13-7-5-4-6-8-13)10-17-15-9-14(16)18-12(2)19-15/h4-9,11H,10H2,1-3H3,(H3,16,17,18,19)/t11-/m0/s1. The molecule has 0 amide bonds. The Labute approximate surface area is 119 Å². The van der Waals surface area contributed by atoms with E-state index in [0.717, 1.165) is 12.4 Å². The summed E-state index contributed by atoms with van der Waals surface area (Å²) in [6, 6.07) is 12.4. The number of para-hydroxylation sites is 1. The quantitative estimate of drug-likeness (QED) is 0.873. The van der Waals surface area contributed by atoms with Crippen molar-refractivity contribution < 1.29 is 0 Å². The Bertz CT molecular complexity index is 535. The number of hydrogen-bond donors (Lipinski definition) is 2. The lowest BCUT2D eigenvalue weighted by molar-refractivity contribution is 0.714. The second kappa shape index (κ2) is 6.23. The Hall–Kier alpha value is -2.30. The molecule has 2 rings (SSSR count). The van der Waals surface area contributed by atoms with E-state index in [-0.39, 0.29) is 0 Å². The van der Waals surface area contributed by atoms with Gasteiger partial charge in [0.2, 0.25) is 0 Å². The molecule has 0 saturated heterocycles. The van der Waals surface area contributed by atoms with Crippen molar-refractivity contribution >= 4 is 17.3 Å². The molecule has 20 heavy (non-hydrogen) atoms. The first-order valence-electron chi connectivity index (χ1n) is 6.69. The number of rotatable bonds is 5.